The molecule has 1 saturated heterocycles. The lowest BCUT2D eigenvalue weighted by Crippen LogP contribution is -2.30. The molecule has 0 radical (unpaired) electrons. The summed E-state index contributed by atoms with van der Waals surface area (Å²) in [6.07, 6.45) is 4.74. The third kappa shape index (κ3) is 4.46. The van der Waals surface area contributed by atoms with Gasteiger partial charge in [-0.2, -0.15) is 0 Å². The normalized spacial score (nSPS) is 16.2. The molecule has 1 atom stereocenters. The fourth-order valence-electron chi connectivity index (χ4n) is 3.60. The Kier molecular flexibility index (Phi) is 7.26. The standard InChI is InChI=1S/C23H29NO3S/c1-4-5-6-8-17-11-13-18(14-12-17)22(25)24-15-16-28-23(24)19-9-7-10-20(26-2)21(19)27-3/h7,9-14,23H,4-6,8,15-16H2,1-3H3/t23-/m1/s1. The number of hydrogen-bond donors (Lipinski definition) is 0. The van der Waals surface area contributed by atoms with E-state index in [4.69, 9.17) is 9.47 Å². The average Bonchev–Trinajstić information content (AvgIpc) is 3.23. The summed E-state index contributed by atoms with van der Waals surface area (Å²) < 4.78 is 11.0. The second-order valence-electron chi connectivity index (χ2n) is 6.96. The summed E-state index contributed by atoms with van der Waals surface area (Å²) in [5.74, 6) is 2.37. The first-order chi connectivity index (χ1) is 13.7. The monoisotopic (exact) mass is 399 g/mol. The number of ether oxygens (including phenoxy) is 2. The zero-order valence-corrected chi connectivity index (χ0v) is 17.8. The van der Waals surface area contributed by atoms with Crippen LogP contribution < -0.4 is 9.47 Å². The molecule has 5 heteroatoms. The number of carbonyl (C=O) groups is 1. The van der Waals surface area contributed by atoms with E-state index in [2.05, 4.69) is 19.1 Å². The highest BCUT2D eigenvalue weighted by Gasteiger charge is 2.33. The van der Waals surface area contributed by atoms with Crippen molar-refractivity contribution in [3.63, 3.8) is 0 Å². The van der Waals surface area contributed by atoms with Crippen LogP contribution in [0.15, 0.2) is 42.5 Å². The van der Waals surface area contributed by atoms with E-state index in [-0.39, 0.29) is 11.3 Å². The summed E-state index contributed by atoms with van der Waals surface area (Å²) in [4.78, 5) is 15.1. The molecule has 1 fully saturated rings. The molecule has 2 aromatic rings. The van der Waals surface area contributed by atoms with Crippen LogP contribution in [-0.2, 0) is 6.42 Å². The minimum absolute atomic E-state index is 0.0678. The lowest BCUT2D eigenvalue weighted by Gasteiger charge is -2.26. The zero-order chi connectivity index (χ0) is 19.9. The Morgan fingerprint density at radius 1 is 1.11 bits per heavy atom. The molecule has 0 aliphatic carbocycles. The number of hydrogen-bond acceptors (Lipinski definition) is 4. The molecule has 2 aromatic carbocycles. The van der Waals surface area contributed by atoms with Crippen molar-refractivity contribution < 1.29 is 14.3 Å². The summed E-state index contributed by atoms with van der Waals surface area (Å²) >= 11 is 1.76. The van der Waals surface area contributed by atoms with Gasteiger partial charge in [0.25, 0.3) is 5.91 Å². The quantitative estimate of drug-likeness (QED) is 0.563. The zero-order valence-electron chi connectivity index (χ0n) is 16.9. The van der Waals surface area contributed by atoms with E-state index in [1.54, 1.807) is 26.0 Å². The van der Waals surface area contributed by atoms with Crippen LogP contribution in [0.25, 0.3) is 0 Å². The van der Waals surface area contributed by atoms with E-state index in [1.165, 1.54) is 24.8 Å². The van der Waals surface area contributed by atoms with Gasteiger partial charge in [-0.05, 0) is 36.6 Å². The lowest BCUT2D eigenvalue weighted by molar-refractivity contribution is 0.0759. The third-order valence-corrected chi connectivity index (χ3v) is 6.36. The molecule has 150 valence electrons. The van der Waals surface area contributed by atoms with Gasteiger partial charge >= 0.3 is 0 Å². The second kappa shape index (κ2) is 9.87. The van der Waals surface area contributed by atoms with Crippen molar-refractivity contribution in [1.29, 1.82) is 0 Å². The molecule has 4 nitrogen and oxygen atoms in total. The van der Waals surface area contributed by atoms with E-state index in [1.807, 2.05) is 35.2 Å². The lowest BCUT2D eigenvalue weighted by atomic mass is 10.0. The van der Waals surface area contributed by atoms with E-state index >= 15 is 0 Å². The maximum Gasteiger partial charge on any atom is 0.255 e. The van der Waals surface area contributed by atoms with Crippen LogP contribution in [0.2, 0.25) is 0 Å². The number of carbonyl (C=O) groups excluding carboxylic acids is 1. The molecule has 0 saturated carbocycles. The van der Waals surface area contributed by atoms with Crippen molar-refractivity contribution in [2.24, 2.45) is 0 Å². The Hall–Kier alpha value is -2.14. The Balaban J connectivity index is 1.78. The maximum absolute atomic E-state index is 13.2. The molecule has 1 amide bonds. The van der Waals surface area contributed by atoms with Crippen molar-refractivity contribution in [1.82, 2.24) is 4.90 Å². The van der Waals surface area contributed by atoms with Crippen LogP contribution in [-0.4, -0.2) is 37.3 Å². The van der Waals surface area contributed by atoms with Crippen molar-refractivity contribution in [3.8, 4) is 11.5 Å². The van der Waals surface area contributed by atoms with Crippen molar-refractivity contribution >= 4 is 17.7 Å². The minimum Gasteiger partial charge on any atom is -0.493 e. The third-order valence-electron chi connectivity index (χ3n) is 5.12. The molecule has 0 aromatic heterocycles. The molecule has 3 rings (SSSR count). The van der Waals surface area contributed by atoms with Crippen molar-refractivity contribution in [2.45, 2.75) is 38.0 Å². The highest BCUT2D eigenvalue weighted by molar-refractivity contribution is 7.99. The van der Waals surface area contributed by atoms with Crippen molar-refractivity contribution in [2.75, 3.05) is 26.5 Å². The maximum atomic E-state index is 13.2. The van der Waals surface area contributed by atoms with Crippen LogP contribution in [0.3, 0.4) is 0 Å². The topological polar surface area (TPSA) is 38.8 Å². The van der Waals surface area contributed by atoms with Crippen LogP contribution in [0.1, 0.15) is 53.0 Å². The van der Waals surface area contributed by atoms with Crippen LogP contribution in [0.5, 0.6) is 11.5 Å². The molecule has 0 N–H and O–H groups in total. The molecule has 0 spiro atoms. The molecule has 1 heterocycles. The van der Waals surface area contributed by atoms with Crippen LogP contribution in [0, 0.1) is 0 Å². The fraction of sp³-hybridized carbons (Fsp3) is 0.435. The Bertz CT molecular complexity index is 791. The Labute approximate surface area is 172 Å². The van der Waals surface area contributed by atoms with Gasteiger partial charge in [0.05, 0.1) is 14.2 Å². The summed E-state index contributed by atoms with van der Waals surface area (Å²) in [6, 6.07) is 14.0. The highest BCUT2D eigenvalue weighted by Crippen LogP contribution is 2.45. The van der Waals surface area contributed by atoms with E-state index in [0.29, 0.717) is 11.5 Å². The summed E-state index contributed by atoms with van der Waals surface area (Å²) in [6.45, 7) is 2.94. The van der Waals surface area contributed by atoms with Gasteiger partial charge in [-0.1, -0.05) is 44.0 Å². The van der Waals surface area contributed by atoms with Crippen LogP contribution >= 0.6 is 11.8 Å². The highest BCUT2D eigenvalue weighted by atomic mass is 32.2. The number of amides is 1. The summed E-state index contributed by atoms with van der Waals surface area (Å²) in [7, 11) is 3.28. The summed E-state index contributed by atoms with van der Waals surface area (Å²) in [5, 5.41) is -0.0678. The number of methoxy groups -OCH3 is 2. The predicted octanol–water partition coefficient (Wildman–Crippen LogP) is 5.32. The van der Waals surface area contributed by atoms with Gasteiger partial charge < -0.3 is 14.4 Å². The van der Waals surface area contributed by atoms with Gasteiger partial charge in [0.1, 0.15) is 5.37 Å². The fourth-order valence-corrected chi connectivity index (χ4v) is 4.87. The first-order valence-electron chi connectivity index (χ1n) is 9.92. The molecule has 0 bridgehead atoms. The smallest absolute Gasteiger partial charge is 0.255 e. The minimum atomic E-state index is -0.0678. The summed E-state index contributed by atoms with van der Waals surface area (Å²) in [5.41, 5.74) is 3.02. The first-order valence-corrected chi connectivity index (χ1v) is 11.0. The number of rotatable bonds is 8. The Morgan fingerprint density at radius 3 is 2.57 bits per heavy atom. The number of nitrogens with zero attached hydrogens (tertiary/aromatic N) is 1. The van der Waals surface area contributed by atoms with Crippen LogP contribution in [0.4, 0.5) is 0 Å². The Morgan fingerprint density at radius 2 is 1.89 bits per heavy atom. The largest absolute Gasteiger partial charge is 0.493 e. The van der Waals surface area contributed by atoms with E-state index in [9.17, 15) is 4.79 Å². The molecular weight excluding hydrogens is 370 g/mol. The number of para-hydroxylation sites is 1. The number of aryl methyl sites for hydroxylation is 1. The number of thioether (sulfide) groups is 1. The van der Waals surface area contributed by atoms with Gasteiger partial charge in [0.15, 0.2) is 11.5 Å². The number of unbranched alkanes of at least 4 members (excludes halogenated alkanes) is 2. The number of benzene rings is 2. The van der Waals surface area contributed by atoms with Gasteiger partial charge in [0.2, 0.25) is 0 Å². The molecular formula is C23H29NO3S. The predicted molar refractivity (Wildman–Crippen MR) is 115 cm³/mol. The van der Waals surface area contributed by atoms with E-state index < -0.39 is 0 Å². The molecule has 0 unspecified atom stereocenters. The average molecular weight is 400 g/mol. The van der Waals surface area contributed by atoms with Gasteiger partial charge in [-0.15, -0.1) is 11.8 Å². The SMILES string of the molecule is CCCCCc1ccc(C(=O)N2CCS[C@@H]2c2cccc(OC)c2OC)cc1. The first kappa shape index (κ1) is 20.6. The van der Waals surface area contributed by atoms with Crippen molar-refractivity contribution in [3.05, 3.63) is 59.2 Å². The van der Waals surface area contributed by atoms with Gasteiger partial charge in [0, 0.05) is 23.4 Å². The van der Waals surface area contributed by atoms with Gasteiger partial charge in [-0.3, -0.25) is 4.79 Å². The molecule has 1 aliphatic rings. The second-order valence-corrected chi connectivity index (χ2v) is 8.15. The van der Waals surface area contributed by atoms with Gasteiger partial charge in [-0.25, -0.2) is 0 Å². The molecule has 1 aliphatic heterocycles. The van der Waals surface area contributed by atoms with E-state index in [0.717, 1.165) is 29.8 Å². The molecule has 28 heavy (non-hydrogen) atoms.